The number of hydrogen-bond acceptors (Lipinski definition) is 3. The Morgan fingerprint density at radius 1 is 0.900 bits per heavy atom. The van der Waals surface area contributed by atoms with Crippen molar-refractivity contribution in [2.24, 2.45) is 7.05 Å². The number of benzene rings is 3. The summed E-state index contributed by atoms with van der Waals surface area (Å²) >= 11 is 1.28. The molecule has 3 nitrogen and oxygen atoms in total. The third-order valence-corrected chi connectivity index (χ3v) is 8.50. The maximum atomic E-state index is 14.4. The number of thiophene rings is 1. The summed E-state index contributed by atoms with van der Waals surface area (Å²) in [5, 5.41) is 1.23. The molecule has 0 amide bonds. The number of fused-ring (bicyclic) bond motifs is 6. The van der Waals surface area contributed by atoms with E-state index in [1.165, 1.54) is 17.4 Å². The molecule has 40 heavy (non-hydrogen) atoms. The molecule has 0 N–H and O–H groups in total. The molecule has 3 aromatic heterocycles. The van der Waals surface area contributed by atoms with Gasteiger partial charge in [-0.3, -0.25) is 0 Å². The number of furan rings is 1. The van der Waals surface area contributed by atoms with Crippen LogP contribution >= 0.6 is 11.3 Å². The fourth-order valence-electron chi connectivity index (χ4n) is 5.29. The Hall–Kier alpha value is -3.73. The van der Waals surface area contributed by atoms with E-state index in [4.69, 9.17) is 4.42 Å². The van der Waals surface area contributed by atoms with Crippen LogP contribution in [-0.4, -0.2) is 11.2 Å². The molecule has 0 unspecified atom stereocenters. The minimum atomic E-state index is -4.88. The Kier molecular flexibility index (Phi) is 5.72. The summed E-state index contributed by atoms with van der Waals surface area (Å²) in [4.78, 5) is 4.57. The van der Waals surface area contributed by atoms with Gasteiger partial charge in [0.15, 0.2) is 5.69 Å². The lowest BCUT2D eigenvalue weighted by Crippen LogP contribution is -2.31. The van der Waals surface area contributed by atoms with E-state index >= 15 is 0 Å². The van der Waals surface area contributed by atoms with E-state index in [2.05, 4.69) is 4.98 Å². The lowest BCUT2D eigenvalue weighted by molar-refractivity contribution is -0.662. The van der Waals surface area contributed by atoms with Crippen molar-refractivity contribution in [1.82, 2.24) is 4.98 Å². The van der Waals surface area contributed by atoms with Gasteiger partial charge in [0, 0.05) is 26.9 Å². The topological polar surface area (TPSA) is 29.9 Å². The zero-order chi connectivity index (χ0) is 28.9. The van der Waals surface area contributed by atoms with Crippen LogP contribution in [0.25, 0.3) is 53.5 Å². The first kappa shape index (κ1) is 26.5. The van der Waals surface area contributed by atoms with E-state index in [0.717, 1.165) is 23.3 Å². The molecule has 3 aromatic carbocycles. The molecule has 0 aliphatic rings. The van der Waals surface area contributed by atoms with Gasteiger partial charge in [-0.15, -0.1) is 11.3 Å². The lowest BCUT2D eigenvalue weighted by atomic mass is 9.95. The van der Waals surface area contributed by atoms with E-state index in [0.29, 0.717) is 42.5 Å². The van der Waals surface area contributed by atoms with Crippen molar-refractivity contribution in [2.45, 2.75) is 39.5 Å². The first-order valence-corrected chi connectivity index (χ1v) is 13.0. The SMILES string of the molecule is Cc1cc2c(cc1CC(F)(F)F)sc1c(-c3c(C)c(C)cc4c3oc3cc(F)c(C(F)(F)F)cc34)[n+](C)cnc12. The number of rotatable bonds is 2. The maximum absolute atomic E-state index is 14.4. The van der Waals surface area contributed by atoms with Gasteiger partial charge in [0.25, 0.3) is 6.33 Å². The van der Waals surface area contributed by atoms with Crippen LogP contribution in [0.4, 0.5) is 30.7 Å². The van der Waals surface area contributed by atoms with Crippen LogP contribution < -0.4 is 4.57 Å². The number of alkyl halides is 6. The van der Waals surface area contributed by atoms with Crippen LogP contribution in [0.2, 0.25) is 0 Å². The van der Waals surface area contributed by atoms with Crippen molar-refractivity contribution in [3.05, 3.63) is 70.3 Å². The highest BCUT2D eigenvalue weighted by Gasteiger charge is 2.36. The van der Waals surface area contributed by atoms with Gasteiger partial charge < -0.3 is 4.42 Å². The van der Waals surface area contributed by atoms with Crippen molar-refractivity contribution in [1.29, 1.82) is 0 Å². The Labute approximate surface area is 226 Å². The summed E-state index contributed by atoms with van der Waals surface area (Å²) in [5.74, 6) is -1.43. The van der Waals surface area contributed by atoms with Gasteiger partial charge in [0.05, 0.1) is 24.6 Å². The lowest BCUT2D eigenvalue weighted by Gasteiger charge is -2.11. The number of halogens is 7. The molecule has 0 atom stereocenters. The minimum Gasteiger partial charge on any atom is -0.455 e. The van der Waals surface area contributed by atoms with E-state index in [1.807, 2.05) is 13.8 Å². The molecule has 0 saturated carbocycles. The van der Waals surface area contributed by atoms with E-state index < -0.39 is 30.2 Å². The molecule has 0 spiro atoms. The summed E-state index contributed by atoms with van der Waals surface area (Å²) in [6, 6.07) is 6.47. The second kappa shape index (κ2) is 8.63. The summed E-state index contributed by atoms with van der Waals surface area (Å²) in [7, 11) is 1.75. The van der Waals surface area contributed by atoms with E-state index in [-0.39, 0.29) is 22.1 Å². The van der Waals surface area contributed by atoms with Crippen molar-refractivity contribution in [2.75, 3.05) is 0 Å². The zero-order valence-electron chi connectivity index (χ0n) is 21.5. The molecule has 0 aliphatic heterocycles. The Bertz CT molecular complexity index is 2020. The van der Waals surface area contributed by atoms with Crippen LogP contribution in [0.5, 0.6) is 0 Å². The average molecular weight is 578 g/mol. The van der Waals surface area contributed by atoms with Crippen molar-refractivity contribution < 1.29 is 39.7 Å². The predicted octanol–water partition coefficient (Wildman–Crippen LogP) is 9.03. The second-order valence-electron chi connectivity index (χ2n) is 10.0. The molecule has 3 heterocycles. The smallest absolute Gasteiger partial charge is 0.419 e. The molecule has 206 valence electrons. The van der Waals surface area contributed by atoms with E-state index in [9.17, 15) is 30.7 Å². The second-order valence-corrected chi connectivity index (χ2v) is 11.1. The van der Waals surface area contributed by atoms with Crippen LogP contribution in [0, 0.1) is 26.6 Å². The van der Waals surface area contributed by atoms with Gasteiger partial charge in [0.1, 0.15) is 21.7 Å². The molecular formula is C29H20F7N2OS+. The fourth-order valence-corrected chi connectivity index (χ4v) is 6.58. The minimum absolute atomic E-state index is 0.0246. The average Bonchev–Trinajstić information content (AvgIpc) is 3.35. The zero-order valence-corrected chi connectivity index (χ0v) is 22.3. The number of hydrogen-bond donors (Lipinski definition) is 0. The standard InChI is InChI=1S/C29H20F7N2OS/c1-12-5-17-16-8-19(29(34,35)36)20(30)9-21(16)39-26(17)23(14(12)3)25-27-24(37-11-38(25)4)18-6-13(2)15(7-22(18)40-27)10-28(31,32)33/h5-9,11H,10H2,1-4H3/q+1. The van der Waals surface area contributed by atoms with E-state index in [1.54, 1.807) is 37.0 Å². The Morgan fingerprint density at radius 3 is 2.27 bits per heavy atom. The Balaban J connectivity index is 1.70. The molecular weight excluding hydrogens is 557 g/mol. The first-order valence-electron chi connectivity index (χ1n) is 12.1. The van der Waals surface area contributed by atoms with Crippen molar-refractivity contribution in [3.63, 3.8) is 0 Å². The van der Waals surface area contributed by atoms with Gasteiger partial charge in [-0.25, -0.2) is 8.96 Å². The monoisotopic (exact) mass is 577 g/mol. The van der Waals surface area contributed by atoms with Crippen molar-refractivity contribution >= 4 is 53.6 Å². The summed E-state index contributed by atoms with van der Waals surface area (Å²) in [6.45, 7) is 5.30. The van der Waals surface area contributed by atoms with Crippen LogP contribution in [0.15, 0.2) is 41.1 Å². The number of aromatic nitrogens is 2. The summed E-state index contributed by atoms with van der Waals surface area (Å²) < 4.78 is 104. The van der Waals surface area contributed by atoms with Gasteiger partial charge in [0.2, 0.25) is 5.52 Å². The maximum Gasteiger partial charge on any atom is 0.419 e. The highest BCUT2D eigenvalue weighted by atomic mass is 32.1. The van der Waals surface area contributed by atoms with Gasteiger partial charge in [-0.1, -0.05) is 0 Å². The normalized spacial score (nSPS) is 13.0. The van der Waals surface area contributed by atoms with Crippen LogP contribution in [0.1, 0.15) is 27.8 Å². The largest absolute Gasteiger partial charge is 0.455 e. The summed E-state index contributed by atoms with van der Waals surface area (Å²) in [6.07, 6.45) is -8.71. The number of aryl methyl sites for hydroxylation is 3. The third-order valence-electron chi connectivity index (χ3n) is 7.35. The highest BCUT2D eigenvalue weighted by molar-refractivity contribution is 7.26. The molecule has 6 aromatic rings. The highest BCUT2D eigenvalue weighted by Crippen LogP contribution is 2.45. The third kappa shape index (κ3) is 4.09. The predicted molar refractivity (Wildman–Crippen MR) is 140 cm³/mol. The molecule has 0 bridgehead atoms. The van der Waals surface area contributed by atoms with Gasteiger partial charge in [-0.2, -0.15) is 26.3 Å². The molecule has 0 fully saturated rings. The van der Waals surface area contributed by atoms with Crippen LogP contribution in [-0.2, 0) is 19.6 Å². The Morgan fingerprint density at radius 2 is 1.60 bits per heavy atom. The summed E-state index contributed by atoms with van der Waals surface area (Å²) in [5.41, 5.74) is 2.93. The fraction of sp³-hybridized carbons (Fsp3) is 0.241. The first-order chi connectivity index (χ1) is 18.6. The van der Waals surface area contributed by atoms with Gasteiger partial charge in [-0.05, 0) is 72.3 Å². The molecule has 0 radical (unpaired) electrons. The van der Waals surface area contributed by atoms with Crippen molar-refractivity contribution in [3.8, 4) is 11.3 Å². The quantitative estimate of drug-likeness (QED) is 0.152. The number of nitrogens with zero attached hydrogens (tertiary/aromatic N) is 2. The molecule has 0 saturated heterocycles. The van der Waals surface area contributed by atoms with Gasteiger partial charge >= 0.3 is 12.4 Å². The molecule has 11 heteroatoms. The molecule has 6 rings (SSSR count). The molecule has 0 aliphatic carbocycles. The van der Waals surface area contributed by atoms with Crippen LogP contribution in [0.3, 0.4) is 0 Å².